The Morgan fingerprint density at radius 1 is 1.27 bits per heavy atom. The molecule has 1 aromatic heterocycles. The van der Waals surface area contributed by atoms with Gasteiger partial charge in [-0.25, -0.2) is 0 Å². The molecule has 1 saturated carbocycles. The molecule has 2 aromatic rings. The van der Waals surface area contributed by atoms with Crippen molar-refractivity contribution in [3.63, 3.8) is 0 Å². The molecule has 3 unspecified atom stereocenters. The van der Waals surface area contributed by atoms with Gasteiger partial charge in [-0.15, -0.1) is 0 Å². The zero-order chi connectivity index (χ0) is 20.6. The van der Waals surface area contributed by atoms with Gasteiger partial charge < -0.3 is 14.4 Å². The third-order valence-corrected chi connectivity index (χ3v) is 7.89. The number of aryl methyl sites for hydroxylation is 1. The highest BCUT2D eigenvalue weighted by molar-refractivity contribution is 5.99. The van der Waals surface area contributed by atoms with E-state index in [1.165, 1.54) is 34.9 Å². The van der Waals surface area contributed by atoms with E-state index in [0.717, 1.165) is 25.3 Å². The second-order valence-corrected chi connectivity index (χ2v) is 9.82. The van der Waals surface area contributed by atoms with E-state index in [9.17, 15) is 5.11 Å². The second-order valence-electron chi connectivity index (χ2n) is 9.82. The van der Waals surface area contributed by atoms with Gasteiger partial charge in [0.05, 0.1) is 6.61 Å². The zero-order valence-electron chi connectivity index (χ0n) is 18.3. The fraction of sp³-hybridized carbons (Fsp3) is 0.600. The highest BCUT2D eigenvalue weighted by Gasteiger charge is 2.48. The molecule has 0 radical (unpaired) electrons. The average molecular weight is 408 g/mol. The standard InChI is InChI=1S/C25H33N3O2/c1-4-16(13-29)26-25-24(30-25)15-10-18-17-6-5-7-20-22(17)19(11-21(18)27(2)12-15)23(28(20)3)14-8-9-14/h5-7,10,14-16,21,24-26,29H,4,8-9,11-13H2,1-3H3/t15-,16?,21-,24?,25?/m1/s1. The second kappa shape index (κ2) is 6.92. The van der Waals surface area contributed by atoms with Crippen LogP contribution in [0.25, 0.3) is 16.5 Å². The number of nitrogens with one attached hydrogen (secondary N) is 1. The average Bonchev–Trinajstić information content (AvgIpc) is 3.68. The Kier molecular flexibility index (Phi) is 4.40. The third-order valence-electron chi connectivity index (χ3n) is 7.89. The van der Waals surface area contributed by atoms with Crippen LogP contribution in [0.5, 0.6) is 0 Å². The van der Waals surface area contributed by atoms with Gasteiger partial charge in [-0.05, 0) is 61.4 Å². The number of aliphatic hydroxyl groups is 1. The molecule has 30 heavy (non-hydrogen) atoms. The van der Waals surface area contributed by atoms with Crippen LogP contribution in [0.15, 0.2) is 24.3 Å². The third kappa shape index (κ3) is 2.83. The summed E-state index contributed by atoms with van der Waals surface area (Å²) >= 11 is 0. The maximum Gasteiger partial charge on any atom is 0.136 e. The summed E-state index contributed by atoms with van der Waals surface area (Å²) in [5.41, 5.74) is 7.52. The van der Waals surface area contributed by atoms with Gasteiger partial charge in [0.15, 0.2) is 0 Å². The number of rotatable bonds is 6. The molecular formula is C25H33N3O2. The van der Waals surface area contributed by atoms with Crippen molar-refractivity contribution in [2.24, 2.45) is 13.0 Å². The Balaban J connectivity index is 1.37. The molecule has 0 bridgehead atoms. The molecule has 2 N–H and O–H groups in total. The van der Waals surface area contributed by atoms with Gasteiger partial charge in [-0.1, -0.05) is 25.1 Å². The number of epoxide rings is 1. The van der Waals surface area contributed by atoms with Gasteiger partial charge >= 0.3 is 0 Å². The van der Waals surface area contributed by atoms with E-state index in [1.54, 1.807) is 11.3 Å². The summed E-state index contributed by atoms with van der Waals surface area (Å²) in [6.07, 6.45) is 7.53. The lowest BCUT2D eigenvalue weighted by Gasteiger charge is -2.40. The number of benzene rings is 1. The number of ether oxygens (including phenoxy) is 1. The van der Waals surface area contributed by atoms with Crippen LogP contribution in [0, 0.1) is 5.92 Å². The van der Waals surface area contributed by atoms with Crippen LogP contribution >= 0.6 is 0 Å². The van der Waals surface area contributed by atoms with Crippen molar-refractivity contribution in [2.45, 2.75) is 62.9 Å². The minimum absolute atomic E-state index is 0.0713. The van der Waals surface area contributed by atoms with E-state index in [1.807, 2.05) is 0 Å². The summed E-state index contributed by atoms with van der Waals surface area (Å²) in [7, 11) is 4.54. The number of aliphatic hydroxyl groups excluding tert-OH is 1. The van der Waals surface area contributed by atoms with Crippen molar-refractivity contribution in [3.8, 4) is 0 Å². The fourth-order valence-corrected chi connectivity index (χ4v) is 6.06. The summed E-state index contributed by atoms with van der Waals surface area (Å²) < 4.78 is 8.50. The van der Waals surface area contributed by atoms with E-state index in [4.69, 9.17) is 4.74 Å². The number of likely N-dealkylation sites (N-methyl/N-ethyl adjacent to an activating group) is 1. The largest absolute Gasteiger partial charge is 0.395 e. The van der Waals surface area contributed by atoms with E-state index in [2.05, 4.69) is 60.1 Å². The van der Waals surface area contributed by atoms with Gasteiger partial charge in [-0.3, -0.25) is 10.2 Å². The SMILES string of the molecule is CCC(CO)NC1OC1[C@@H]1C=C2c3cccc4c3c(c(C3CC3)n4C)C[C@H]2N(C)C1. The molecule has 1 aromatic carbocycles. The molecule has 2 fully saturated rings. The predicted molar refractivity (Wildman–Crippen MR) is 119 cm³/mol. The zero-order valence-corrected chi connectivity index (χ0v) is 18.3. The highest BCUT2D eigenvalue weighted by atomic mass is 16.6. The van der Waals surface area contributed by atoms with Crippen molar-refractivity contribution in [2.75, 3.05) is 20.2 Å². The Morgan fingerprint density at radius 2 is 2.10 bits per heavy atom. The molecule has 5 heteroatoms. The van der Waals surface area contributed by atoms with Gasteiger partial charge in [0, 0.05) is 48.2 Å². The molecule has 6 rings (SSSR count). The van der Waals surface area contributed by atoms with E-state index in [-0.39, 0.29) is 25.0 Å². The van der Waals surface area contributed by atoms with Gasteiger partial charge in [0.25, 0.3) is 0 Å². The summed E-state index contributed by atoms with van der Waals surface area (Å²) in [4.78, 5) is 2.55. The first-order valence-electron chi connectivity index (χ1n) is 11.7. The first-order chi connectivity index (χ1) is 14.6. The molecule has 4 aliphatic rings. The van der Waals surface area contributed by atoms with E-state index in [0.29, 0.717) is 12.0 Å². The smallest absolute Gasteiger partial charge is 0.136 e. The normalized spacial score (nSPS) is 31.5. The Hall–Kier alpha value is -1.66. The molecule has 160 valence electrons. The molecule has 1 saturated heterocycles. The van der Waals surface area contributed by atoms with E-state index >= 15 is 0 Å². The first-order valence-corrected chi connectivity index (χ1v) is 11.7. The van der Waals surface area contributed by atoms with Gasteiger partial charge in [-0.2, -0.15) is 0 Å². The molecule has 5 atom stereocenters. The minimum Gasteiger partial charge on any atom is -0.395 e. The van der Waals surface area contributed by atoms with Crippen LogP contribution in [0.1, 0.15) is 48.9 Å². The van der Waals surface area contributed by atoms with Crippen molar-refractivity contribution >= 4 is 16.5 Å². The lowest BCUT2D eigenvalue weighted by Crippen LogP contribution is -2.45. The lowest BCUT2D eigenvalue weighted by atomic mass is 9.78. The van der Waals surface area contributed by atoms with Crippen LogP contribution in [0.2, 0.25) is 0 Å². The molecular weight excluding hydrogens is 374 g/mol. The maximum absolute atomic E-state index is 9.50. The Bertz CT molecular complexity index is 1020. The Labute approximate surface area is 178 Å². The van der Waals surface area contributed by atoms with Gasteiger partial charge in [0.1, 0.15) is 12.3 Å². The number of nitrogens with zero attached hydrogens (tertiary/aromatic N) is 2. The molecule has 3 heterocycles. The minimum atomic E-state index is 0.0713. The van der Waals surface area contributed by atoms with Crippen LogP contribution in [0.4, 0.5) is 0 Å². The van der Waals surface area contributed by atoms with Crippen molar-refractivity contribution in [1.82, 2.24) is 14.8 Å². The van der Waals surface area contributed by atoms with Crippen molar-refractivity contribution in [1.29, 1.82) is 0 Å². The number of fused-ring (bicyclic) bond motifs is 2. The highest BCUT2D eigenvalue weighted by Crippen LogP contribution is 2.50. The predicted octanol–water partition coefficient (Wildman–Crippen LogP) is 3.01. The van der Waals surface area contributed by atoms with Crippen LogP contribution in [-0.4, -0.2) is 59.2 Å². The molecule has 5 nitrogen and oxygen atoms in total. The van der Waals surface area contributed by atoms with Gasteiger partial charge in [0.2, 0.25) is 0 Å². The monoisotopic (exact) mass is 407 g/mol. The summed E-state index contributed by atoms with van der Waals surface area (Å²) in [6.45, 7) is 3.30. The van der Waals surface area contributed by atoms with Crippen molar-refractivity contribution < 1.29 is 9.84 Å². The molecule has 2 aliphatic carbocycles. The first kappa shape index (κ1) is 19.1. The number of aromatic nitrogens is 1. The Morgan fingerprint density at radius 3 is 2.83 bits per heavy atom. The van der Waals surface area contributed by atoms with Crippen LogP contribution < -0.4 is 5.32 Å². The summed E-state index contributed by atoms with van der Waals surface area (Å²) in [5.74, 6) is 1.15. The number of hydrogen-bond acceptors (Lipinski definition) is 4. The van der Waals surface area contributed by atoms with Crippen molar-refractivity contribution in [3.05, 3.63) is 41.1 Å². The summed E-state index contributed by atoms with van der Waals surface area (Å²) in [6, 6.07) is 7.45. The topological polar surface area (TPSA) is 53.0 Å². The number of hydrogen-bond donors (Lipinski definition) is 2. The fourth-order valence-electron chi connectivity index (χ4n) is 6.06. The molecule has 2 aliphatic heterocycles. The summed E-state index contributed by atoms with van der Waals surface area (Å²) in [5, 5.41) is 14.5. The van der Waals surface area contributed by atoms with Crippen LogP contribution in [-0.2, 0) is 18.2 Å². The molecule has 0 spiro atoms. The van der Waals surface area contributed by atoms with E-state index < -0.39 is 0 Å². The van der Waals surface area contributed by atoms with Crippen LogP contribution in [0.3, 0.4) is 0 Å². The maximum atomic E-state index is 9.50. The molecule has 0 amide bonds. The quantitative estimate of drug-likeness (QED) is 0.723. The lowest BCUT2D eigenvalue weighted by molar-refractivity contribution is 0.212.